The maximum absolute atomic E-state index is 5.60. The Bertz CT molecular complexity index is 581. The van der Waals surface area contributed by atoms with Gasteiger partial charge in [-0.3, -0.25) is 4.68 Å². The van der Waals surface area contributed by atoms with Crippen LogP contribution < -0.4 is 10.1 Å². The second-order valence-corrected chi connectivity index (χ2v) is 4.94. The number of hydrogen-bond acceptors (Lipinski definition) is 6. The van der Waals surface area contributed by atoms with Crippen molar-refractivity contribution in [2.75, 3.05) is 11.9 Å². The fraction of sp³-hybridized carbons (Fsp3) is 0.571. The van der Waals surface area contributed by atoms with Crippen LogP contribution in [0, 0.1) is 0 Å². The van der Waals surface area contributed by atoms with E-state index in [1.54, 1.807) is 6.20 Å². The van der Waals surface area contributed by atoms with E-state index in [0.717, 1.165) is 25.1 Å². The fourth-order valence-electron chi connectivity index (χ4n) is 1.72. The van der Waals surface area contributed by atoms with Crippen LogP contribution in [0.5, 0.6) is 6.01 Å². The maximum Gasteiger partial charge on any atom is 0.322 e. The van der Waals surface area contributed by atoms with Crippen LogP contribution in [0.4, 0.5) is 5.95 Å². The first-order valence-corrected chi connectivity index (χ1v) is 7.31. The summed E-state index contributed by atoms with van der Waals surface area (Å²) in [5.41, 5.74) is 0.854. The molecule has 114 valence electrons. The smallest absolute Gasteiger partial charge is 0.322 e. The molecule has 0 aromatic carbocycles. The summed E-state index contributed by atoms with van der Waals surface area (Å²) >= 11 is 0. The maximum atomic E-state index is 5.60. The molecule has 2 rings (SSSR count). The van der Waals surface area contributed by atoms with Gasteiger partial charge in [-0.05, 0) is 27.2 Å². The SMILES string of the molecule is CCCNc1nc(OC(C)C)nc(-c2cnn(CC)c2)n1. The lowest BCUT2D eigenvalue weighted by Crippen LogP contribution is -2.12. The van der Waals surface area contributed by atoms with E-state index in [4.69, 9.17) is 4.74 Å². The molecule has 21 heavy (non-hydrogen) atoms. The van der Waals surface area contributed by atoms with Crippen molar-refractivity contribution in [3.8, 4) is 17.4 Å². The summed E-state index contributed by atoms with van der Waals surface area (Å²) in [6.45, 7) is 9.62. The van der Waals surface area contributed by atoms with Gasteiger partial charge in [-0.2, -0.15) is 20.1 Å². The van der Waals surface area contributed by atoms with Crippen LogP contribution in [-0.4, -0.2) is 37.4 Å². The van der Waals surface area contributed by atoms with Crippen LogP contribution in [0.2, 0.25) is 0 Å². The molecule has 7 nitrogen and oxygen atoms in total. The Morgan fingerprint density at radius 1 is 1.24 bits per heavy atom. The van der Waals surface area contributed by atoms with Crippen LogP contribution >= 0.6 is 0 Å². The number of hydrogen-bond donors (Lipinski definition) is 1. The van der Waals surface area contributed by atoms with E-state index >= 15 is 0 Å². The molecule has 0 bridgehead atoms. The molecule has 2 aromatic heterocycles. The molecule has 0 saturated carbocycles. The summed E-state index contributed by atoms with van der Waals surface area (Å²) in [7, 11) is 0. The van der Waals surface area contributed by atoms with E-state index in [1.165, 1.54) is 0 Å². The lowest BCUT2D eigenvalue weighted by atomic mass is 10.3. The van der Waals surface area contributed by atoms with Gasteiger partial charge < -0.3 is 10.1 Å². The number of anilines is 1. The van der Waals surface area contributed by atoms with E-state index in [0.29, 0.717) is 17.8 Å². The van der Waals surface area contributed by atoms with Gasteiger partial charge in [-0.1, -0.05) is 6.92 Å². The second-order valence-electron chi connectivity index (χ2n) is 4.94. The minimum absolute atomic E-state index is 0.0117. The summed E-state index contributed by atoms with van der Waals surface area (Å²) in [5, 5.41) is 7.42. The molecular formula is C14H22N6O. The van der Waals surface area contributed by atoms with E-state index < -0.39 is 0 Å². The molecule has 0 fully saturated rings. The van der Waals surface area contributed by atoms with Crippen molar-refractivity contribution in [1.29, 1.82) is 0 Å². The third-order valence-electron chi connectivity index (χ3n) is 2.70. The minimum Gasteiger partial charge on any atom is -0.461 e. The fourth-order valence-corrected chi connectivity index (χ4v) is 1.72. The zero-order valence-electron chi connectivity index (χ0n) is 13.0. The first-order chi connectivity index (χ1) is 10.1. The third-order valence-corrected chi connectivity index (χ3v) is 2.70. The molecule has 0 aliphatic carbocycles. The van der Waals surface area contributed by atoms with Gasteiger partial charge in [0.2, 0.25) is 5.95 Å². The van der Waals surface area contributed by atoms with Gasteiger partial charge >= 0.3 is 6.01 Å². The standard InChI is InChI=1S/C14H22N6O/c1-5-7-15-13-17-12(11-8-16-20(6-2)9-11)18-14(19-13)21-10(3)4/h8-10H,5-7H2,1-4H3,(H,15,17,18,19). The van der Waals surface area contributed by atoms with Gasteiger partial charge in [0, 0.05) is 19.3 Å². The average Bonchev–Trinajstić information content (AvgIpc) is 2.93. The Morgan fingerprint density at radius 3 is 2.67 bits per heavy atom. The van der Waals surface area contributed by atoms with Gasteiger partial charge in [0.25, 0.3) is 0 Å². The molecule has 0 aliphatic heterocycles. The Balaban J connectivity index is 2.33. The number of nitrogens with zero attached hydrogens (tertiary/aromatic N) is 5. The van der Waals surface area contributed by atoms with E-state index in [1.807, 2.05) is 31.6 Å². The number of nitrogens with one attached hydrogen (secondary N) is 1. The minimum atomic E-state index is 0.0117. The zero-order chi connectivity index (χ0) is 15.2. The normalized spacial score (nSPS) is 10.9. The van der Waals surface area contributed by atoms with Crippen molar-refractivity contribution in [2.45, 2.75) is 46.8 Å². The molecule has 0 aliphatic rings. The monoisotopic (exact) mass is 290 g/mol. The third kappa shape index (κ3) is 4.14. The van der Waals surface area contributed by atoms with Gasteiger partial charge in [0.05, 0.1) is 17.9 Å². The molecule has 0 saturated heterocycles. The second kappa shape index (κ2) is 7.01. The Hall–Kier alpha value is -2.18. The van der Waals surface area contributed by atoms with Gasteiger partial charge in [0.1, 0.15) is 0 Å². The Morgan fingerprint density at radius 2 is 2.05 bits per heavy atom. The molecule has 0 atom stereocenters. The van der Waals surface area contributed by atoms with E-state index in [-0.39, 0.29) is 6.10 Å². The van der Waals surface area contributed by atoms with Crippen molar-refractivity contribution < 1.29 is 4.74 Å². The molecule has 1 N–H and O–H groups in total. The average molecular weight is 290 g/mol. The van der Waals surface area contributed by atoms with Crippen LogP contribution in [0.15, 0.2) is 12.4 Å². The first kappa shape index (κ1) is 15.2. The molecule has 0 radical (unpaired) electrons. The van der Waals surface area contributed by atoms with Crippen molar-refractivity contribution in [3.63, 3.8) is 0 Å². The lowest BCUT2D eigenvalue weighted by molar-refractivity contribution is 0.222. The Kier molecular flexibility index (Phi) is 5.08. The van der Waals surface area contributed by atoms with Crippen LogP contribution in [-0.2, 0) is 6.54 Å². The van der Waals surface area contributed by atoms with Gasteiger partial charge in [-0.25, -0.2) is 0 Å². The molecule has 2 heterocycles. The summed E-state index contributed by atoms with van der Waals surface area (Å²) in [6.07, 6.45) is 4.67. The molecule has 0 unspecified atom stereocenters. The van der Waals surface area contributed by atoms with Crippen molar-refractivity contribution >= 4 is 5.95 Å². The summed E-state index contributed by atoms with van der Waals surface area (Å²) < 4.78 is 7.44. The quantitative estimate of drug-likeness (QED) is 0.843. The van der Waals surface area contributed by atoms with Crippen LogP contribution in [0.3, 0.4) is 0 Å². The number of rotatable bonds is 7. The van der Waals surface area contributed by atoms with E-state index in [9.17, 15) is 0 Å². The zero-order valence-corrected chi connectivity index (χ0v) is 13.0. The number of ether oxygens (including phenoxy) is 1. The van der Waals surface area contributed by atoms with E-state index in [2.05, 4.69) is 32.3 Å². The summed E-state index contributed by atoms with van der Waals surface area (Å²) in [5.74, 6) is 1.10. The largest absolute Gasteiger partial charge is 0.461 e. The molecule has 2 aromatic rings. The van der Waals surface area contributed by atoms with Crippen molar-refractivity contribution in [3.05, 3.63) is 12.4 Å². The van der Waals surface area contributed by atoms with Gasteiger partial charge in [0.15, 0.2) is 5.82 Å². The number of aromatic nitrogens is 5. The molecule has 0 amide bonds. The first-order valence-electron chi connectivity index (χ1n) is 7.31. The Labute approximate surface area is 124 Å². The summed E-state index contributed by atoms with van der Waals surface area (Å²) in [6, 6.07) is 0.331. The predicted molar refractivity (Wildman–Crippen MR) is 81.3 cm³/mol. The van der Waals surface area contributed by atoms with Crippen molar-refractivity contribution in [2.24, 2.45) is 0 Å². The van der Waals surface area contributed by atoms with Crippen LogP contribution in [0.1, 0.15) is 34.1 Å². The van der Waals surface area contributed by atoms with Crippen molar-refractivity contribution in [1.82, 2.24) is 24.7 Å². The number of aryl methyl sites for hydroxylation is 1. The highest BCUT2D eigenvalue weighted by Crippen LogP contribution is 2.18. The predicted octanol–water partition coefficient (Wildman–Crippen LogP) is 2.36. The highest BCUT2D eigenvalue weighted by molar-refractivity contribution is 5.54. The highest BCUT2D eigenvalue weighted by atomic mass is 16.5. The van der Waals surface area contributed by atoms with Crippen LogP contribution in [0.25, 0.3) is 11.4 Å². The highest BCUT2D eigenvalue weighted by Gasteiger charge is 2.12. The lowest BCUT2D eigenvalue weighted by Gasteiger charge is -2.10. The summed E-state index contributed by atoms with van der Waals surface area (Å²) in [4.78, 5) is 13.1. The topological polar surface area (TPSA) is 77.8 Å². The molecular weight excluding hydrogens is 268 g/mol. The molecule has 0 spiro atoms. The molecule has 7 heteroatoms. The van der Waals surface area contributed by atoms with Gasteiger partial charge in [-0.15, -0.1) is 0 Å².